The summed E-state index contributed by atoms with van der Waals surface area (Å²) in [6, 6.07) is 10.1. The minimum atomic E-state index is -4.43. The maximum atomic E-state index is 13.4. The van der Waals surface area contributed by atoms with Crippen molar-refractivity contribution in [1.82, 2.24) is 15.1 Å². The summed E-state index contributed by atoms with van der Waals surface area (Å²) >= 11 is 0. The fraction of sp³-hybridized carbons (Fsp3) is 0.519. The average molecular weight is 521 g/mol. The van der Waals surface area contributed by atoms with Crippen LogP contribution in [0.25, 0.3) is 0 Å². The summed E-state index contributed by atoms with van der Waals surface area (Å²) in [6.45, 7) is 6.70. The van der Waals surface area contributed by atoms with Gasteiger partial charge in [-0.05, 0) is 47.9 Å². The van der Waals surface area contributed by atoms with Crippen LogP contribution in [0.15, 0.2) is 42.5 Å². The number of ether oxygens (including phenoxy) is 1. The van der Waals surface area contributed by atoms with E-state index in [0.717, 1.165) is 30.4 Å². The highest BCUT2D eigenvalue weighted by molar-refractivity contribution is 5.82. The van der Waals surface area contributed by atoms with Crippen LogP contribution in [-0.4, -0.2) is 80.8 Å². The van der Waals surface area contributed by atoms with Crippen molar-refractivity contribution in [3.63, 3.8) is 0 Å². The predicted molar refractivity (Wildman–Crippen MR) is 132 cm³/mol. The monoisotopic (exact) mass is 520 g/mol. The standard InChI is InChI=1S/C27H32F4N4O2/c28-22-4-1-19(2-5-22)17-34-9-10-35-24-6-3-21(27(29,30)31)15-20(24)16-23(25(35)18-34)26(36)32-7-8-33-11-13-37-14-12-33/h1-6,15,23,25H,7-14,16-18H2,(H,32,36)/t23-,25+/m0/s1. The number of nitrogens with zero attached hydrogens (tertiary/aromatic N) is 3. The highest BCUT2D eigenvalue weighted by atomic mass is 19.4. The van der Waals surface area contributed by atoms with E-state index in [9.17, 15) is 22.4 Å². The molecule has 1 N–H and O–H groups in total. The fourth-order valence-electron chi connectivity index (χ4n) is 5.64. The van der Waals surface area contributed by atoms with Gasteiger partial charge in [0.2, 0.25) is 5.91 Å². The van der Waals surface area contributed by atoms with Gasteiger partial charge in [0.15, 0.2) is 0 Å². The van der Waals surface area contributed by atoms with Crippen LogP contribution in [0.3, 0.4) is 0 Å². The zero-order chi connectivity index (χ0) is 26.0. The number of benzene rings is 2. The number of carbonyl (C=O) groups excluding carboxylic acids is 1. The van der Waals surface area contributed by atoms with Crippen LogP contribution in [-0.2, 0) is 28.7 Å². The second-order valence-electron chi connectivity index (χ2n) is 10.0. The van der Waals surface area contributed by atoms with Gasteiger partial charge < -0.3 is 15.0 Å². The number of nitrogens with one attached hydrogen (secondary N) is 1. The first-order valence-corrected chi connectivity index (χ1v) is 12.8. The Labute approximate surface area is 214 Å². The van der Waals surface area contributed by atoms with E-state index < -0.39 is 17.7 Å². The Morgan fingerprint density at radius 2 is 1.76 bits per heavy atom. The maximum Gasteiger partial charge on any atom is 0.416 e. The number of anilines is 1. The van der Waals surface area contributed by atoms with Crippen LogP contribution in [0.4, 0.5) is 23.2 Å². The molecule has 0 aliphatic carbocycles. The molecule has 0 radical (unpaired) electrons. The van der Waals surface area contributed by atoms with Crippen molar-refractivity contribution in [2.45, 2.75) is 25.2 Å². The zero-order valence-corrected chi connectivity index (χ0v) is 20.6. The molecule has 200 valence electrons. The van der Waals surface area contributed by atoms with Gasteiger partial charge in [0.1, 0.15) is 5.82 Å². The van der Waals surface area contributed by atoms with Crippen LogP contribution >= 0.6 is 0 Å². The van der Waals surface area contributed by atoms with Crippen molar-refractivity contribution in [1.29, 1.82) is 0 Å². The lowest BCUT2D eigenvalue weighted by Crippen LogP contribution is -2.61. The topological polar surface area (TPSA) is 48.1 Å². The van der Waals surface area contributed by atoms with Crippen molar-refractivity contribution < 1.29 is 27.1 Å². The number of hydrogen-bond acceptors (Lipinski definition) is 5. The second-order valence-corrected chi connectivity index (χ2v) is 10.0. The Morgan fingerprint density at radius 3 is 2.49 bits per heavy atom. The second kappa shape index (κ2) is 11.0. The highest BCUT2D eigenvalue weighted by Gasteiger charge is 2.42. The summed E-state index contributed by atoms with van der Waals surface area (Å²) in [4.78, 5) is 20.0. The van der Waals surface area contributed by atoms with Crippen LogP contribution in [0.2, 0.25) is 0 Å². The van der Waals surface area contributed by atoms with Crippen LogP contribution in [0.5, 0.6) is 0 Å². The Bertz CT molecular complexity index is 1090. The molecule has 3 heterocycles. The van der Waals surface area contributed by atoms with Gasteiger partial charge in [-0.3, -0.25) is 14.6 Å². The molecule has 2 aromatic rings. The van der Waals surface area contributed by atoms with E-state index in [-0.39, 0.29) is 24.2 Å². The van der Waals surface area contributed by atoms with E-state index in [4.69, 9.17) is 4.74 Å². The van der Waals surface area contributed by atoms with Gasteiger partial charge in [-0.15, -0.1) is 0 Å². The lowest BCUT2D eigenvalue weighted by Gasteiger charge is -2.49. The number of halogens is 4. The molecule has 6 nitrogen and oxygen atoms in total. The van der Waals surface area contributed by atoms with Crippen molar-refractivity contribution in [2.75, 3.05) is 63.9 Å². The number of rotatable bonds is 6. The molecule has 2 atom stereocenters. The number of alkyl halides is 3. The molecular weight excluding hydrogens is 488 g/mol. The Morgan fingerprint density at radius 1 is 1.00 bits per heavy atom. The Balaban J connectivity index is 1.33. The summed E-state index contributed by atoms with van der Waals surface area (Å²) in [5.74, 6) is -0.892. The number of hydrogen-bond donors (Lipinski definition) is 1. The van der Waals surface area contributed by atoms with Gasteiger partial charge in [-0.2, -0.15) is 13.2 Å². The van der Waals surface area contributed by atoms with Crippen LogP contribution in [0, 0.1) is 11.7 Å². The van der Waals surface area contributed by atoms with E-state index in [1.807, 2.05) is 0 Å². The fourth-order valence-corrected chi connectivity index (χ4v) is 5.64. The third kappa shape index (κ3) is 6.08. The van der Waals surface area contributed by atoms with E-state index in [0.29, 0.717) is 58.0 Å². The highest BCUT2D eigenvalue weighted by Crippen LogP contribution is 2.40. The third-order valence-corrected chi connectivity index (χ3v) is 7.61. The molecule has 0 aromatic heterocycles. The maximum absolute atomic E-state index is 13.4. The van der Waals surface area contributed by atoms with Gasteiger partial charge >= 0.3 is 6.18 Å². The minimum Gasteiger partial charge on any atom is -0.379 e. The number of piperazine rings is 1. The first-order chi connectivity index (χ1) is 17.8. The van der Waals surface area contributed by atoms with Crippen molar-refractivity contribution >= 4 is 11.6 Å². The van der Waals surface area contributed by atoms with Gasteiger partial charge in [0.05, 0.1) is 30.7 Å². The molecule has 0 spiro atoms. The van der Waals surface area contributed by atoms with Crippen LogP contribution < -0.4 is 10.2 Å². The van der Waals surface area contributed by atoms with E-state index >= 15 is 0 Å². The molecule has 2 saturated heterocycles. The molecule has 1 amide bonds. The van der Waals surface area contributed by atoms with Crippen LogP contribution in [0.1, 0.15) is 16.7 Å². The lowest BCUT2D eigenvalue weighted by molar-refractivity contribution is -0.137. The van der Waals surface area contributed by atoms with Gasteiger partial charge in [-0.1, -0.05) is 12.1 Å². The molecule has 3 aliphatic heterocycles. The smallest absolute Gasteiger partial charge is 0.379 e. The first kappa shape index (κ1) is 25.9. The van der Waals surface area contributed by atoms with Crippen molar-refractivity contribution in [3.05, 3.63) is 65.0 Å². The molecular formula is C27H32F4N4O2. The molecule has 37 heavy (non-hydrogen) atoms. The number of morpholine rings is 1. The number of carbonyl (C=O) groups is 1. The van der Waals surface area contributed by atoms with Gasteiger partial charge in [-0.25, -0.2) is 4.39 Å². The summed E-state index contributed by atoms with van der Waals surface area (Å²) in [5.41, 5.74) is 1.63. The summed E-state index contributed by atoms with van der Waals surface area (Å²) in [7, 11) is 0. The third-order valence-electron chi connectivity index (χ3n) is 7.61. The largest absolute Gasteiger partial charge is 0.416 e. The van der Waals surface area contributed by atoms with Gasteiger partial charge in [0.25, 0.3) is 0 Å². The molecule has 10 heteroatoms. The molecule has 0 saturated carbocycles. The van der Waals surface area contributed by atoms with Gasteiger partial charge in [0, 0.05) is 58.0 Å². The van der Waals surface area contributed by atoms with E-state index in [2.05, 4.69) is 20.0 Å². The molecule has 3 aliphatic rings. The number of fused-ring (bicyclic) bond motifs is 3. The van der Waals surface area contributed by atoms with Crippen molar-refractivity contribution in [2.24, 2.45) is 5.92 Å². The van der Waals surface area contributed by atoms with Crippen molar-refractivity contribution in [3.8, 4) is 0 Å². The molecule has 5 rings (SSSR count). The first-order valence-electron chi connectivity index (χ1n) is 12.8. The van der Waals surface area contributed by atoms with E-state index in [1.165, 1.54) is 18.2 Å². The molecule has 2 fully saturated rings. The number of amides is 1. The zero-order valence-electron chi connectivity index (χ0n) is 20.6. The lowest BCUT2D eigenvalue weighted by atomic mass is 9.82. The summed E-state index contributed by atoms with van der Waals surface area (Å²) in [5, 5.41) is 3.05. The molecule has 2 aromatic carbocycles. The summed E-state index contributed by atoms with van der Waals surface area (Å²) in [6.07, 6.45) is -4.18. The Kier molecular flexibility index (Phi) is 7.69. The minimum absolute atomic E-state index is 0.130. The van der Waals surface area contributed by atoms with E-state index in [1.54, 1.807) is 18.2 Å². The predicted octanol–water partition coefficient (Wildman–Crippen LogP) is 3.16. The quantitative estimate of drug-likeness (QED) is 0.594. The molecule has 0 bridgehead atoms. The average Bonchev–Trinajstić information content (AvgIpc) is 2.89. The summed E-state index contributed by atoms with van der Waals surface area (Å²) < 4.78 is 59.0. The normalized spacial score (nSPS) is 22.9. The SMILES string of the molecule is O=C(NCCN1CCOCC1)[C@H]1Cc2cc(C(F)(F)F)ccc2N2CCN(Cc3ccc(F)cc3)C[C@H]12. The molecule has 0 unspecified atom stereocenters. The Hall–Kier alpha value is -2.69.